The fraction of sp³-hybridized carbons (Fsp3) is 0.917. The van der Waals surface area contributed by atoms with Gasteiger partial charge in [0.25, 0.3) is 0 Å². The average Bonchev–Trinajstić information content (AvgIpc) is 2.17. The van der Waals surface area contributed by atoms with Gasteiger partial charge in [0.05, 0.1) is 11.4 Å². The Morgan fingerprint density at radius 2 is 1.79 bits per heavy atom. The van der Waals surface area contributed by atoms with Crippen LogP contribution >= 0.6 is 0 Å². The molecule has 0 aromatic heterocycles. The molecule has 0 radical (unpaired) electrons. The van der Waals surface area contributed by atoms with Crippen molar-refractivity contribution in [1.82, 2.24) is 0 Å². The summed E-state index contributed by atoms with van der Waals surface area (Å²) in [6.07, 6.45) is 10.4. The Morgan fingerprint density at radius 3 is 2.29 bits per heavy atom. The standard InChI is InChI=1S/C12H22N2/c1-12(8-5-9-12)14-11(13)10-6-3-2-4-7-10/h10H,2-9H2,1H3,(H2,13,14). The Morgan fingerprint density at radius 1 is 1.14 bits per heavy atom. The first kappa shape index (κ1) is 10.0. The van der Waals surface area contributed by atoms with Crippen LogP contribution in [0, 0.1) is 5.92 Å². The van der Waals surface area contributed by atoms with E-state index in [1.807, 2.05) is 0 Å². The van der Waals surface area contributed by atoms with E-state index in [2.05, 4.69) is 6.92 Å². The van der Waals surface area contributed by atoms with Crippen molar-refractivity contribution >= 4 is 5.84 Å². The molecule has 0 spiro atoms. The van der Waals surface area contributed by atoms with Crippen molar-refractivity contribution in [2.45, 2.75) is 63.8 Å². The molecule has 14 heavy (non-hydrogen) atoms. The van der Waals surface area contributed by atoms with Gasteiger partial charge in [0, 0.05) is 5.92 Å². The highest BCUT2D eigenvalue weighted by Crippen LogP contribution is 2.36. The van der Waals surface area contributed by atoms with Crippen molar-refractivity contribution in [3.8, 4) is 0 Å². The van der Waals surface area contributed by atoms with Crippen LogP contribution in [-0.2, 0) is 0 Å². The summed E-state index contributed by atoms with van der Waals surface area (Å²) >= 11 is 0. The molecule has 0 aromatic carbocycles. The highest BCUT2D eigenvalue weighted by Gasteiger charge is 2.32. The number of amidine groups is 1. The first-order valence-electron chi connectivity index (χ1n) is 6.05. The fourth-order valence-electron chi connectivity index (χ4n) is 2.60. The van der Waals surface area contributed by atoms with E-state index in [0.29, 0.717) is 5.92 Å². The Balaban J connectivity index is 1.95. The van der Waals surface area contributed by atoms with Gasteiger partial charge >= 0.3 is 0 Å². The van der Waals surface area contributed by atoms with Crippen molar-refractivity contribution in [2.75, 3.05) is 0 Å². The molecule has 2 heteroatoms. The molecule has 0 bridgehead atoms. The highest BCUT2D eigenvalue weighted by molar-refractivity contribution is 5.83. The van der Waals surface area contributed by atoms with Crippen LogP contribution in [0.1, 0.15) is 58.3 Å². The maximum atomic E-state index is 6.09. The molecule has 0 heterocycles. The maximum absolute atomic E-state index is 6.09. The molecule has 2 rings (SSSR count). The van der Waals surface area contributed by atoms with Crippen molar-refractivity contribution in [1.29, 1.82) is 0 Å². The van der Waals surface area contributed by atoms with Gasteiger partial charge in [0.2, 0.25) is 0 Å². The second kappa shape index (κ2) is 3.92. The van der Waals surface area contributed by atoms with Crippen LogP contribution in [0.25, 0.3) is 0 Å². The molecule has 2 fully saturated rings. The highest BCUT2D eigenvalue weighted by atomic mass is 15.0. The molecule has 2 N–H and O–H groups in total. The molecule has 2 aliphatic carbocycles. The normalized spacial score (nSPS) is 28.5. The minimum absolute atomic E-state index is 0.210. The van der Waals surface area contributed by atoms with Gasteiger partial charge in [0.15, 0.2) is 0 Å². The molecular formula is C12H22N2. The molecule has 80 valence electrons. The SMILES string of the molecule is CC1(N=C(N)C2CCCCC2)CCC1. The second-order valence-electron chi connectivity index (χ2n) is 5.22. The minimum Gasteiger partial charge on any atom is -0.387 e. The van der Waals surface area contributed by atoms with Crippen LogP contribution in [0.3, 0.4) is 0 Å². The van der Waals surface area contributed by atoms with Crippen LogP contribution < -0.4 is 5.73 Å². The number of nitrogens with zero attached hydrogens (tertiary/aromatic N) is 1. The van der Waals surface area contributed by atoms with Gasteiger partial charge in [-0.3, -0.25) is 4.99 Å². The largest absolute Gasteiger partial charge is 0.387 e. The zero-order valence-corrected chi connectivity index (χ0v) is 9.26. The smallest absolute Gasteiger partial charge is 0.0975 e. The van der Waals surface area contributed by atoms with E-state index in [-0.39, 0.29) is 5.54 Å². The van der Waals surface area contributed by atoms with Crippen molar-refractivity contribution < 1.29 is 0 Å². The summed E-state index contributed by atoms with van der Waals surface area (Å²) < 4.78 is 0. The summed E-state index contributed by atoms with van der Waals surface area (Å²) in [5, 5.41) is 0. The van der Waals surface area contributed by atoms with Crippen molar-refractivity contribution in [2.24, 2.45) is 16.6 Å². The summed E-state index contributed by atoms with van der Waals surface area (Å²) in [7, 11) is 0. The Hall–Kier alpha value is -0.530. The third-order valence-electron chi connectivity index (χ3n) is 3.85. The zero-order valence-electron chi connectivity index (χ0n) is 9.26. The molecule has 0 aromatic rings. The first-order valence-corrected chi connectivity index (χ1v) is 6.05. The van der Waals surface area contributed by atoms with Crippen molar-refractivity contribution in [3.63, 3.8) is 0 Å². The van der Waals surface area contributed by atoms with Crippen LogP contribution in [0.15, 0.2) is 4.99 Å². The van der Waals surface area contributed by atoms with E-state index < -0.39 is 0 Å². The van der Waals surface area contributed by atoms with Crippen LogP contribution in [0.2, 0.25) is 0 Å². The predicted octanol–water partition coefficient (Wildman–Crippen LogP) is 2.87. The van der Waals surface area contributed by atoms with E-state index in [0.717, 1.165) is 5.84 Å². The van der Waals surface area contributed by atoms with Crippen LogP contribution in [0.4, 0.5) is 0 Å². The number of nitrogens with two attached hydrogens (primary N) is 1. The number of aliphatic imine (C=N–C) groups is 1. The Labute approximate surface area is 87.0 Å². The van der Waals surface area contributed by atoms with Crippen molar-refractivity contribution in [3.05, 3.63) is 0 Å². The predicted molar refractivity (Wildman–Crippen MR) is 60.5 cm³/mol. The third kappa shape index (κ3) is 2.10. The lowest BCUT2D eigenvalue weighted by molar-refractivity contribution is 0.277. The lowest BCUT2D eigenvalue weighted by atomic mass is 9.78. The van der Waals surface area contributed by atoms with Gasteiger partial charge in [-0.25, -0.2) is 0 Å². The number of hydrogen-bond donors (Lipinski definition) is 1. The van der Waals surface area contributed by atoms with Gasteiger partial charge in [-0.05, 0) is 39.0 Å². The topological polar surface area (TPSA) is 38.4 Å². The second-order valence-corrected chi connectivity index (χ2v) is 5.22. The molecular weight excluding hydrogens is 172 g/mol. The minimum atomic E-state index is 0.210. The number of hydrogen-bond acceptors (Lipinski definition) is 1. The van der Waals surface area contributed by atoms with Crippen LogP contribution in [0.5, 0.6) is 0 Å². The molecule has 0 saturated heterocycles. The van der Waals surface area contributed by atoms with Gasteiger partial charge in [-0.2, -0.15) is 0 Å². The lowest BCUT2D eigenvalue weighted by Gasteiger charge is -2.36. The quantitative estimate of drug-likeness (QED) is 0.533. The third-order valence-corrected chi connectivity index (χ3v) is 3.85. The molecule has 0 amide bonds. The Bertz CT molecular complexity index is 222. The summed E-state index contributed by atoms with van der Waals surface area (Å²) in [6.45, 7) is 2.24. The van der Waals surface area contributed by atoms with E-state index in [1.165, 1.54) is 51.4 Å². The molecule has 0 unspecified atom stereocenters. The summed E-state index contributed by atoms with van der Waals surface area (Å²) in [6, 6.07) is 0. The van der Waals surface area contributed by atoms with Gasteiger partial charge in [-0.15, -0.1) is 0 Å². The lowest BCUT2D eigenvalue weighted by Crippen LogP contribution is -2.36. The molecule has 2 nitrogen and oxygen atoms in total. The average molecular weight is 194 g/mol. The van der Waals surface area contributed by atoms with Gasteiger partial charge in [-0.1, -0.05) is 19.3 Å². The van der Waals surface area contributed by atoms with Gasteiger partial charge in [0.1, 0.15) is 0 Å². The fourth-order valence-corrected chi connectivity index (χ4v) is 2.60. The zero-order chi connectivity index (χ0) is 10.0. The molecule has 0 aliphatic heterocycles. The maximum Gasteiger partial charge on any atom is 0.0975 e. The van der Waals surface area contributed by atoms with E-state index in [1.54, 1.807) is 0 Å². The molecule has 0 atom stereocenters. The van der Waals surface area contributed by atoms with E-state index in [9.17, 15) is 0 Å². The van der Waals surface area contributed by atoms with Gasteiger partial charge < -0.3 is 5.73 Å². The Kier molecular flexibility index (Phi) is 2.80. The summed E-state index contributed by atoms with van der Waals surface area (Å²) in [4.78, 5) is 4.73. The number of rotatable bonds is 2. The molecule has 2 aliphatic rings. The molecule has 2 saturated carbocycles. The first-order chi connectivity index (χ1) is 6.70. The monoisotopic (exact) mass is 194 g/mol. The van der Waals surface area contributed by atoms with E-state index >= 15 is 0 Å². The summed E-state index contributed by atoms with van der Waals surface area (Å²) in [5.41, 5.74) is 6.30. The van der Waals surface area contributed by atoms with Crippen LogP contribution in [-0.4, -0.2) is 11.4 Å². The van der Waals surface area contributed by atoms with E-state index in [4.69, 9.17) is 10.7 Å². The summed E-state index contributed by atoms with van der Waals surface area (Å²) in [5.74, 6) is 1.55.